The third kappa shape index (κ3) is 3.08. The Morgan fingerprint density at radius 1 is 1.38 bits per heavy atom. The molecule has 0 radical (unpaired) electrons. The van der Waals surface area contributed by atoms with Gasteiger partial charge in [-0.3, -0.25) is 4.79 Å². The fraction of sp³-hybridized carbons (Fsp3) is 0.500. The van der Waals surface area contributed by atoms with Crippen LogP contribution >= 0.6 is 0 Å². The second-order valence-electron chi connectivity index (χ2n) is 5.08. The summed E-state index contributed by atoms with van der Waals surface area (Å²) in [7, 11) is -2.84. The number of carbonyl (C=O) groups excluding carboxylic acids is 1. The molecule has 0 spiro atoms. The van der Waals surface area contributed by atoms with Gasteiger partial charge in [-0.05, 0) is 43.9 Å². The van der Waals surface area contributed by atoms with E-state index < -0.39 is 32.7 Å². The second kappa shape index (κ2) is 6.11. The molecule has 1 fully saturated rings. The predicted molar refractivity (Wildman–Crippen MR) is 74.7 cm³/mol. The van der Waals surface area contributed by atoms with E-state index in [4.69, 9.17) is 0 Å². The lowest BCUT2D eigenvalue weighted by molar-refractivity contribution is -0.146. The predicted octanol–water partition coefficient (Wildman–Crippen LogP) is 1.85. The molecule has 1 aromatic carbocycles. The van der Waals surface area contributed by atoms with Crippen LogP contribution in [0.2, 0.25) is 0 Å². The van der Waals surface area contributed by atoms with Crippen LogP contribution in [0.25, 0.3) is 0 Å². The molecule has 0 unspecified atom stereocenters. The molecule has 116 valence electrons. The first-order valence-corrected chi connectivity index (χ1v) is 8.17. The number of aryl methyl sites for hydroxylation is 1. The standard InChI is InChI=1S/C14H18FNO4S/c1-10-6-7-11(15)13(9-10)21(18,19)16-8-4-3-5-12(16)14(17)20-2/h6-7,9,12H,3-5,8H2,1-2H3/t12-/m1/s1. The highest BCUT2D eigenvalue weighted by Crippen LogP contribution is 2.28. The molecule has 1 aliphatic rings. The van der Waals surface area contributed by atoms with E-state index in [0.29, 0.717) is 18.4 Å². The highest BCUT2D eigenvalue weighted by molar-refractivity contribution is 7.89. The van der Waals surface area contributed by atoms with Crippen molar-refractivity contribution in [2.75, 3.05) is 13.7 Å². The molecule has 1 atom stereocenters. The number of hydrogen-bond donors (Lipinski definition) is 0. The number of carbonyl (C=O) groups is 1. The van der Waals surface area contributed by atoms with Crippen LogP contribution in [0, 0.1) is 12.7 Å². The first kappa shape index (κ1) is 15.9. The zero-order chi connectivity index (χ0) is 15.6. The molecule has 1 aromatic rings. The Morgan fingerprint density at radius 2 is 2.10 bits per heavy atom. The van der Waals surface area contributed by atoms with Crippen molar-refractivity contribution < 1.29 is 22.3 Å². The Labute approximate surface area is 123 Å². The van der Waals surface area contributed by atoms with Gasteiger partial charge in [-0.2, -0.15) is 4.31 Å². The van der Waals surface area contributed by atoms with Gasteiger partial charge >= 0.3 is 5.97 Å². The quantitative estimate of drug-likeness (QED) is 0.799. The number of piperidine rings is 1. The van der Waals surface area contributed by atoms with Gasteiger partial charge in [0.15, 0.2) is 0 Å². The number of sulfonamides is 1. The number of halogens is 1. The summed E-state index contributed by atoms with van der Waals surface area (Å²) in [5.74, 6) is -1.42. The molecular formula is C14H18FNO4S. The summed E-state index contributed by atoms with van der Waals surface area (Å²) in [5.41, 5.74) is 0.640. The topological polar surface area (TPSA) is 63.7 Å². The van der Waals surface area contributed by atoms with Gasteiger partial charge in [-0.25, -0.2) is 12.8 Å². The van der Waals surface area contributed by atoms with Gasteiger partial charge in [0.1, 0.15) is 16.8 Å². The number of ether oxygens (including phenoxy) is 1. The third-order valence-corrected chi connectivity index (χ3v) is 5.52. The summed E-state index contributed by atoms with van der Waals surface area (Å²) in [6.45, 7) is 1.88. The summed E-state index contributed by atoms with van der Waals surface area (Å²) in [5, 5.41) is 0. The zero-order valence-corrected chi connectivity index (χ0v) is 12.8. The van der Waals surface area contributed by atoms with Crippen molar-refractivity contribution in [3.05, 3.63) is 29.6 Å². The van der Waals surface area contributed by atoms with E-state index in [1.165, 1.54) is 19.2 Å². The number of esters is 1. The van der Waals surface area contributed by atoms with Gasteiger partial charge < -0.3 is 4.74 Å². The minimum absolute atomic E-state index is 0.190. The first-order chi connectivity index (χ1) is 9.87. The molecule has 1 heterocycles. The number of rotatable bonds is 3. The lowest BCUT2D eigenvalue weighted by atomic mass is 10.1. The Bertz CT molecular complexity index is 644. The number of hydrogen-bond acceptors (Lipinski definition) is 4. The van der Waals surface area contributed by atoms with Crippen LogP contribution in [-0.4, -0.2) is 38.4 Å². The van der Waals surface area contributed by atoms with Crippen LogP contribution in [0.15, 0.2) is 23.1 Å². The van der Waals surface area contributed by atoms with Crippen molar-refractivity contribution in [1.82, 2.24) is 4.31 Å². The van der Waals surface area contributed by atoms with E-state index in [1.807, 2.05) is 0 Å². The van der Waals surface area contributed by atoms with E-state index in [2.05, 4.69) is 4.74 Å². The maximum Gasteiger partial charge on any atom is 0.324 e. The van der Waals surface area contributed by atoms with E-state index >= 15 is 0 Å². The van der Waals surface area contributed by atoms with Crippen LogP contribution in [0.4, 0.5) is 4.39 Å². The molecule has 5 nitrogen and oxygen atoms in total. The highest BCUT2D eigenvalue weighted by atomic mass is 32.2. The molecule has 0 saturated carbocycles. The maximum atomic E-state index is 13.9. The largest absolute Gasteiger partial charge is 0.468 e. The summed E-state index contributed by atoms with van der Waals surface area (Å²) in [6, 6.07) is 3.03. The summed E-state index contributed by atoms with van der Waals surface area (Å²) in [4.78, 5) is 11.4. The Balaban J connectivity index is 2.45. The van der Waals surface area contributed by atoms with Crippen LogP contribution in [-0.2, 0) is 19.6 Å². The normalized spacial score (nSPS) is 20.2. The van der Waals surface area contributed by atoms with Crippen LogP contribution in [0.3, 0.4) is 0 Å². The molecule has 7 heteroatoms. The molecule has 0 bridgehead atoms. The summed E-state index contributed by atoms with van der Waals surface area (Å²) < 4.78 is 45.0. The molecule has 1 saturated heterocycles. The molecule has 0 aromatic heterocycles. The lowest BCUT2D eigenvalue weighted by Gasteiger charge is -2.32. The second-order valence-corrected chi connectivity index (χ2v) is 6.94. The van der Waals surface area contributed by atoms with Crippen molar-refractivity contribution >= 4 is 16.0 Å². The van der Waals surface area contributed by atoms with E-state index in [0.717, 1.165) is 16.8 Å². The molecule has 0 amide bonds. The summed E-state index contributed by atoms with van der Waals surface area (Å²) >= 11 is 0. The summed E-state index contributed by atoms with van der Waals surface area (Å²) in [6.07, 6.45) is 1.77. The van der Waals surface area contributed by atoms with Crippen molar-refractivity contribution in [2.45, 2.75) is 37.1 Å². The van der Waals surface area contributed by atoms with Gasteiger partial charge in [0.25, 0.3) is 0 Å². The maximum absolute atomic E-state index is 13.9. The Kier molecular flexibility index (Phi) is 4.63. The van der Waals surface area contributed by atoms with Crippen molar-refractivity contribution in [1.29, 1.82) is 0 Å². The minimum Gasteiger partial charge on any atom is -0.468 e. The van der Waals surface area contributed by atoms with E-state index in [-0.39, 0.29) is 6.54 Å². The van der Waals surface area contributed by atoms with E-state index in [1.54, 1.807) is 6.92 Å². The zero-order valence-electron chi connectivity index (χ0n) is 12.0. The third-order valence-electron chi connectivity index (χ3n) is 3.60. The van der Waals surface area contributed by atoms with Gasteiger partial charge in [0, 0.05) is 6.54 Å². The van der Waals surface area contributed by atoms with Gasteiger partial charge in [-0.1, -0.05) is 6.07 Å². The Hall–Kier alpha value is -1.47. The molecule has 0 aliphatic carbocycles. The van der Waals surface area contributed by atoms with Crippen LogP contribution in [0.5, 0.6) is 0 Å². The Morgan fingerprint density at radius 3 is 2.76 bits per heavy atom. The molecular weight excluding hydrogens is 297 g/mol. The lowest BCUT2D eigenvalue weighted by Crippen LogP contribution is -2.48. The van der Waals surface area contributed by atoms with Crippen molar-refractivity contribution in [2.24, 2.45) is 0 Å². The monoisotopic (exact) mass is 315 g/mol. The SMILES string of the molecule is COC(=O)[C@H]1CCCCN1S(=O)(=O)c1cc(C)ccc1F. The van der Waals surface area contributed by atoms with Crippen molar-refractivity contribution in [3.8, 4) is 0 Å². The van der Waals surface area contributed by atoms with Crippen LogP contribution in [0.1, 0.15) is 24.8 Å². The minimum atomic E-state index is -4.06. The van der Waals surface area contributed by atoms with Gasteiger partial charge in [0.2, 0.25) is 10.0 Å². The molecule has 1 aliphatic heterocycles. The van der Waals surface area contributed by atoms with E-state index in [9.17, 15) is 17.6 Å². The molecule has 21 heavy (non-hydrogen) atoms. The number of benzene rings is 1. The smallest absolute Gasteiger partial charge is 0.324 e. The molecule has 2 rings (SSSR count). The average Bonchev–Trinajstić information content (AvgIpc) is 2.48. The van der Waals surface area contributed by atoms with Gasteiger partial charge in [-0.15, -0.1) is 0 Å². The average molecular weight is 315 g/mol. The van der Waals surface area contributed by atoms with Gasteiger partial charge in [0.05, 0.1) is 7.11 Å². The van der Waals surface area contributed by atoms with Crippen LogP contribution < -0.4 is 0 Å². The fourth-order valence-corrected chi connectivity index (χ4v) is 4.30. The highest BCUT2D eigenvalue weighted by Gasteiger charge is 2.39. The number of nitrogens with zero attached hydrogens (tertiary/aromatic N) is 1. The number of methoxy groups -OCH3 is 1. The molecule has 0 N–H and O–H groups in total. The first-order valence-electron chi connectivity index (χ1n) is 6.73. The van der Waals surface area contributed by atoms with Crippen molar-refractivity contribution in [3.63, 3.8) is 0 Å². The fourth-order valence-electron chi connectivity index (χ4n) is 2.50.